The van der Waals surface area contributed by atoms with Crippen LogP contribution in [0, 0.1) is 5.82 Å². The average Bonchev–Trinajstić information content (AvgIpc) is 2.65. The number of rotatable bonds is 7. The van der Waals surface area contributed by atoms with Crippen LogP contribution < -0.4 is 0 Å². The summed E-state index contributed by atoms with van der Waals surface area (Å²) in [6.07, 6.45) is 7.78. The van der Waals surface area contributed by atoms with E-state index < -0.39 is 0 Å². The minimum Gasteiger partial charge on any atom is -0.298 e. The summed E-state index contributed by atoms with van der Waals surface area (Å²) in [7, 11) is 0. The van der Waals surface area contributed by atoms with Crippen molar-refractivity contribution in [3.05, 3.63) is 65.6 Å². The van der Waals surface area contributed by atoms with Crippen molar-refractivity contribution in [1.29, 1.82) is 0 Å². The summed E-state index contributed by atoms with van der Waals surface area (Å²) in [5, 5.41) is 0.863. The van der Waals surface area contributed by atoms with Crippen LogP contribution in [0.2, 0.25) is 0 Å². The Balaban J connectivity index is 1.94. The number of pyridine rings is 1. The van der Waals surface area contributed by atoms with Crippen LogP contribution in [0.1, 0.15) is 48.5 Å². The molecule has 0 fully saturated rings. The van der Waals surface area contributed by atoms with E-state index in [9.17, 15) is 9.18 Å². The average molecular weight is 335 g/mol. The normalized spacial score (nSPS) is 11.0. The summed E-state index contributed by atoms with van der Waals surface area (Å²) < 4.78 is 14.5. The van der Waals surface area contributed by atoms with Crippen molar-refractivity contribution < 1.29 is 9.18 Å². The highest BCUT2D eigenvalue weighted by Gasteiger charge is 2.10. The molecule has 3 rings (SSSR count). The Bertz CT molecular complexity index is 888. The molecule has 0 radical (unpaired) electrons. The van der Waals surface area contributed by atoms with Crippen LogP contribution in [0.15, 0.2) is 48.7 Å². The van der Waals surface area contributed by atoms with Gasteiger partial charge >= 0.3 is 0 Å². The SMILES string of the molecule is CCCCCCc1ccc(-c2ccc(C=O)c3ncccc23)cc1F. The standard InChI is InChI=1S/C22H22FNO/c1-2-3-4-5-7-16-9-10-17(14-21(16)23)19-12-11-18(15-25)22-20(19)8-6-13-24-22/h6,8-15H,2-5,7H2,1H3. The smallest absolute Gasteiger partial charge is 0.152 e. The predicted octanol–water partition coefficient (Wildman–Crippen LogP) is 5.98. The molecule has 0 spiro atoms. The Morgan fingerprint density at radius 2 is 1.96 bits per heavy atom. The molecule has 0 unspecified atom stereocenters. The Morgan fingerprint density at radius 3 is 2.72 bits per heavy atom. The maximum Gasteiger partial charge on any atom is 0.152 e. The fraction of sp³-hybridized carbons (Fsp3) is 0.273. The zero-order valence-electron chi connectivity index (χ0n) is 14.5. The van der Waals surface area contributed by atoms with Gasteiger partial charge in [0, 0.05) is 17.1 Å². The van der Waals surface area contributed by atoms with Gasteiger partial charge in [-0.1, -0.05) is 50.5 Å². The first-order chi connectivity index (χ1) is 12.2. The second-order valence-corrected chi connectivity index (χ2v) is 6.34. The summed E-state index contributed by atoms with van der Waals surface area (Å²) in [5.41, 5.74) is 3.67. The number of hydrogen-bond acceptors (Lipinski definition) is 2. The van der Waals surface area contributed by atoms with E-state index in [0.29, 0.717) is 11.1 Å². The van der Waals surface area contributed by atoms with Crippen molar-refractivity contribution in [2.24, 2.45) is 0 Å². The van der Waals surface area contributed by atoms with Crippen LogP contribution in [0.3, 0.4) is 0 Å². The van der Waals surface area contributed by atoms with E-state index in [1.54, 1.807) is 18.3 Å². The number of hydrogen-bond donors (Lipinski definition) is 0. The highest BCUT2D eigenvalue weighted by molar-refractivity contribution is 6.03. The van der Waals surface area contributed by atoms with Crippen molar-refractivity contribution in [1.82, 2.24) is 4.98 Å². The monoisotopic (exact) mass is 335 g/mol. The van der Waals surface area contributed by atoms with E-state index >= 15 is 0 Å². The summed E-state index contributed by atoms with van der Waals surface area (Å²) in [5.74, 6) is -0.162. The Morgan fingerprint density at radius 1 is 1.08 bits per heavy atom. The van der Waals surface area contributed by atoms with Crippen LogP contribution in [-0.4, -0.2) is 11.3 Å². The van der Waals surface area contributed by atoms with Crippen molar-refractivity contribution >= 4 is 17.2 Å². The van der Waals surface area contributed by atoms with E-state index in [-0.39, 0.29) is 5.82 Å². The predicted molar refractivity (Wildman–Crippen MR) is 100 cm³/mol. The van der Waals surface area contributed by atoms with Crippen LogP contribution in [-0.2, 0) is 6.42 Å². The van der Waals surface area contributed by atoms with Crippen LogP contribution in [0.5, 0.6) is 0 Å². The quantitative estimate of drug-likeness (QED) is 0.393. The first-order valence-corrected chi connectivity index (χ1v) is 8.86. The molecule has 1 heterocycles. The van der Waals surface area contributed by atoms with Gasteiger partial charge in [0.25, 0.3) is 0 Å². The van der Waals surface area contributed by atoms with Crippen molar-refractivity contribution in [2.45, 2.75) is 39.0 Å². The first kappa shape index (κ1) is 17.3. The fourth-order valence-electron chi connectivity index (χ4n) is 3.20. The largest absolute Gasteiger partial charge is 0.298 e. The molecule has 1 aromatic heterocycles. The Hall–Kier alpha value is -2.55. The molecule has 2 aromatic carbocycles. The minimum absolute atomic E-state index is 0.162. The third kappa shape index (κ3) is 3.76. The van der Waals surface area contributed by atoms with Gasteiger partial charge < -0.3 is 0 Å². The third-order valence-corrected chi connectivity index (χ3v) is 4.59. The van der Waals surface area contributed by atoms with Crippen LogP contribution in [0.25, 0.3) is 22.0 Å². The number of halogens is 1. The van der Waals surface area contributed by atoms with E-state index in [1.807, 2.05) is 30.3 Å². The summed E-state index contributed by atoms with van der Waals surface area (Å²) in [6, 6.07) is 12.8. The van der Waals surface area contributed by atoms with Crippen LogP contribution >= 0.6 is 0 Å². The summed E-state index contributed by atoms with van der Waals surface area (Å²) in [4.78, 5) is 15.5. The number of unbranched alkanes of at least 4 members (excludes halogenated alkanes) is 3. The number of aromatic nitrogens is 1. The molecule has 0 aliphatic carbocycles. The maximum absolute atomic E-state index is 14.5. The molecule has 25 heavy (non-hydrogen) atoms. The van der Waals surface area contributed by atoms with E-state index in [2.05, 4.69) is 11.9 Å². The maximum atomic E-state index is 14.5. The van der Waals surface area contributed by atoms with E-state index in [4.69, 9.17) is 0 Å². The molecule has 0 atom stereocenters. The van der Waals surface area contributed by atoms with Gasteiger partial charge in [0.1, 0.15) is 5.82 Å². The molecule has 128 valence electrons. The van der Waals surface area contributed by atoms with Crippen LogP contribution in [0.4, 0.5) is 4.39 Å². The lowest BCUT2D eigenvalue weighted by Crippen LogP contribution is -1.94. The second-order valence-electron chi connectivity index (χ2n) is 6.34. The highest BCUT2D eigenvalue weighted by Crippen LogP contribution is 2.30. The number of aldehydes is 1. The number of carbonyl (C=O) groups excluding carboxylic acids is 1. The number of nitrogens with zero attached hydrogens (tertiary/aromatic N) is 1. The number of benzene rings is 2. The van der Waals surface area contributed by atoms with Gasteiger partial charge in [-0.3, -0.25) is 9.78 Å². The molecule has 0 saturated heterocycles. The van der Waals surface area contributed by atoms with Gasteiger partial charge in [-0.15, -0.1) is 0 Å². The lowest BCUT2D eigenvalue weighted by Gasteiger charge is -2.10. The molecule has 0 aliphatic rings. The minimum atomic E-state index is -0.162. The van der Waals surface area contributed by atoms with Gasteiger partial charge in [-0.05, 0) is 47.7 Å². The molecule has 2 nitrogen and oxygen atoms in total. The third-order valence-electron chi connectivity index (χ3n) is 4.59. The molecule has 0 bridgehead atoms. The van der Waals surface area contributed by atoms with Gasteiger partial charge in [0.2, 0.25) is 0 Å². The van der Waals surface area contributed by atoms with E-state index in [0.717, 1.165) is 47.6 Å². The topological polar surface area (TPSA) is 30.0 Å². The number of fused-ring (bicyclic) bond motifs is 1. The van der Waals surface area contributed by atoms with Gasteiger partial charge in [0.15, 0.2) is 6.29 Å². The first-order valence-electron chi connectivity index (χ1n) is 8.86. The van der Waals surface area contributed by atoms with Crippen molar-refractivity contribution in [2.75, 3.05) is 0 Å². The van der Waals surface area contributed by atoms with Gasteiger partial charge in [-0.25, -0.2) is 4.39 Å². The number of carbonyl (C=O) groups is 1. The van der Waals surface area contributed by atoms with E-state index in [1.165, 1.54) is 12.8 Å². The van der Waals surface area contributed by atoms with Gasteiger partial charge in [0.05, 0.1) is 5.52 Å². The zero-order chi connectivity index (χ0) is 17.6. The molecule has 0 N–H and O–H groups in total. The molecular weight excluding hydrogens is 313 g/mol. The molecular formula is C22H22FNO. The van der Waals surface area contributed by atoms with Crippen molar-refractivity contribution in [3.63, 3.8) is 0 Å². The Kier molecular flexibility index (Phi) is 5.54. The second kappa shape index (κ2) is 8.02. The fourth-order valence-corrected chi connectivity index (χ4v) is 3.20. The Labute approximate surface area is 147 Å². The van der Waals surface area contributed by atoms with Gasteiger partial charge in [-0.2, -0.15) is 0 Å². The summed E-state index contributed by atoms with van der Waals surface area (Å²) >= 11 is 0. The number of aryl methyl sites for hydroxylation is 1. The molecule has 0 saturated carbocycles. The lowest BCUT2D eigenvalue weighted by atomic mass is 9.96. The lowest BCUT2D eigenvalue weighted by molar-refractivity contribution is 0.112. The summed E-state index contributed by atoms with van der Waals surface area (Å²) in [6.45, 7) is 2.17. The molecule has 3 aromatic rings. The highest BCUT2D eigenvalue weighted by atomic mass is 19.1. The zero-order valence-corrected chi connectivity index (χ0v) is 14.5. The van der Waals surface area contributed by atoms with Crippen molar-refractivity contribution in [3.8, 4) is 11.1 Å². The molecule has 0 aliphatic heterocycles. The molecule has 3 heteroatoms. The molecule has 0 amide bonds.